The number of urea groups is 1. The van der Waals surface area contributed by atoms with Crippen LogP contribution in [0.1, 0.15) is 31.1 Å². The van der Waals surface area contributed by atoms with Crippen molar-refractivity contribution in [3.63, 3.8) is 0 Å². The number of furan rings is 1. The van der Waals surface area contributed by atoms with Crippen LogP contribution in [0.15, 0.2) is 47.1 Å². The normalized spacial score (nSPS) is 18.9. The van der Waals surface area contributed by atoms with Gasteiger partial charge in [0.2, 0.25) is 0 Å². The molecule has 0 saturated carbocycles. The highest BCUT2D eigenvalue weighted by Gasteiger charge is 2.31. The van der Waals surface area contributed by atoms with E-state index in [4.69, 9.17) is 4.42 Å². The number of anilines is 1. The minimum absolute atomic E-state index is 0.0955. The Hall–Kier alpha value is -2.34. The van der Waals surface area contributed by atoms with E-state index >= 15 is 0 Å². The lowest BCUT2D eigenvalue weighted by molar-refractivity contribution is 0.110. The maximum atomic E-state index is 13.6. The first-order valence-electron chi connectivity index (χ1n) is 7.69. The van der Waals surface area contributed by atoms with Crippen molar-refractivity contribution in [3.05, 3.63) is 54.2 Å². The summed E-state index contributed by atoms with van der Waals surface area (Å²) in [6.45, 7) is 0.593. The van der Waals surface area contributed by atoms with E-state index in [0.717, 1.165) is 12.8 Å². The molecule has 3 rings (SSSR count). The fourth-order valence-electron chi connectivity index (χ4n) is 2.95. The van der Waals surface area contributed by atoms with Crippen LogP contribution in [0.2, 0.25) is 0 Å². The Kier molecular flexibility index (Phi) is 4.62. The molecule has 2 aromatic rings. The van der Waals surface area contributed by atoms with Crippen LogP contribution >= 0.6 is 0 Å². The average molecular weight is 318 g/mol. The number of benzene rings is 1. The predicted octanol–water partition coefficient (Wildman–Crippen LogP) is 3.54. The van der Waals surface area contributed by atoms with Gasteiger partial charge in [0.1, 0.15) is 17.7 Å². The summed E-state index contributed by atoms with van der Waals surface area (Å²) in [4.78, 5) is 14.0. The fraction of sp³-hybridized carbons (Fsp3) is 0.353. The van der Waals surface area contributed by atoms with E-state index in [-0.39, 0.29) is 17.8 Å². The molecule has 5 nitrogen and oxygen atoms in total. The van der Waals surface area contributed by atoms with Gasteiger partial charge in [-0.05, 0) is 37.1 Å². The lowest BCUT2D eigenvalue weighted by Gasteiger charge is -2.26. The molecule has 23 heavy (non-hydrogen) atoms. The number of para-hydroxylation sites is 1. The van der Waals surface area contributed by atoms with Gasteiger partial charge in [-0.1, -0.05) is 12.1 Å². The molecule has 0 aliphatic carbocycles. The highest BCUT2D eigenvalue weighted by Crippen LogP contribution is 2.28. The number of likely N-dealkylation sites (tertiary alicyclic amines) is 1. The molecule has 2 heterocycles. The number of aliphatic hydroxyl groups excluding tert-OH is 1. The third-order valence-corrected chi connectivity index (χ3v) is 4.12. The Morgan fingerprint density at radius 3 is 2.96 bits per heavy atom. The first-order valence-corrected chi connectivity index (χ1v) is 7.69. The summed E-state index contributed by atoms with van der Waals surface area (Å²) in [6.07, 6.45) is 2.83. The lowest BCUT2D eigenvalue weighted by atomic mass is 10.1. The Balaban J connectivity index is 1.64. The third kappa shape index (κ3) is 3.53. The van der Waals surface area contributed by atoms with Crippen molar-refractivity contribution in [1.29, 1.82) is 0 Å². The molecule has 1 saturated heterocycles. The number of rotatable bonds is 4. The Labute approximate surface area is 133 Å². The van der Waals surface area contributed by atoms with Gasteiger partial charge >= 0.3 is 6.03 Å². The SMILES string of the molecule is O=C(Nc1ccccc1F)N1CCCC1CC(O)c1ccco1. The van der Waals surface area contributed by atoms with Crippen LogP contribution in [0.4, 0.5) is 14.9 Å². The van der Waals surface area contributed by atoms with Crippen LogP contribution in [0.25, 0.3) is 0 Å². The second kappa shape index (κ2) is 6.83. The number of carbonyl (C=O) groups excluding carboxylic acids is 1. The van der Waals surface area contributed by atoms with Crippen molar-refractivity contribution < 1.29 is 18.7 Å². The summed E-state index contributed by atoms with van der Waals surface area (Å²) < 4.78 is 18.8. The zero-order valence-corrected chi connectivity index (χ0v) is 12.6. The molecule has 1 fully saturated rings. The predicted molar refractivity (Wildman–Crippen MR) is 83.4 cm³/mol. The zero-order chi connectivity index (χ0) is 16.2. The van der Waals surface area contributed by atoms with Gasteiger partial charge in [-0.25, -0.2) is 9.18 Å². The molecule has 2 amide bonds. The van der Waals surface area contributed by atoms with Crippen molar-refractivity contribution >= 4 is 11.7 Å². The second-order valence-electron chi connectivity index (χ2n) is 5.67. The van der Waals surface area contributed by atoms with Crippen molar-refractivity contribution in [1.82, 2.24) is 4.90 Å². The maximum absolute atomic E-state index is 13.6. The molecule has 1 aliphatic rings. The number of hydrogen-bond acceptors (Lipinski definition) is 3. The number of aliphatic hydroxyl groups is 1. The Morgan fingerprint density at radius 1 is 1.39 bits per heavy atom. The molecule has 1 aromatic heterocycles. The largest absolute Gasteiger partial charge is 0.467 e. The van der Waals surface area contributed by atoms with Crippen molar-refractivity contribution in [2.75, 3.05) is 11.9 Å². The summed E-state index contributed by atoms with van der Waals surface area (Å²) >= 11 is 0. The number of nitrogens with one attached hydrogen (secondary N) is 1. The van der Waals surface area contributed by atoms with E-state index in [1.54, 1.807) is 29.2 Å². The van der Waals surface area contributed by atoms with Crippen molar-refractivity contribution in [2.45, 2.75) is 31.4 Å². The molecule has 2 atom stereocenters. The molecule has 2 N–H and O–H groups in total. The van der Waals surface area contributed by atoms with Gasteiger partial charge in [-0.15, -0.1) is 0 Å². The summed E-state index contributed by atoms with van der Waals surface area (Å²) in [7, 11) is 0. The molecular weight excluding hydrogens is 299 g/mol. The zero-order valence-electron chi connectivity index (χ0n) is 12.6. The summed E-state index contributed by atoms with van der Waals surface area (Å²) in [5, 5.41) is 12.8. The molecule has 122 valence electrons. The number of carbonyl (C=O) groups is 1. The van der Waals surface area contributed by atoms with Gasteiger partial charge in [0, 0.05) is 19.0 Å². The highest BCUT2D eigenvalue weighted by molar-refractivity contribution is 5.89. The van der Waals surface area contributed by atoms with Gasteiger partial charge < -0.3 is 19.7 Å². The van der Waals surface area contributed by atoms with Crippen LogP contribution in [0.5, 0.6) is 0 Å². The van der Waals surface area contributed by atoms with E-state index in [2.05, 4.69) is 5.32 Å². The van der Waals surface area contributed by atoms with Crippen LogP contribution < -0.4 is 5.32 Å². The van der Waals surface area contributed by atoms with Crippen molar-refractivity contribution in [2.24, 2.45) is 0 Å². The van der Waals surface area contributed by atoms with E-state index in [9.17, 15) is 14.3 Å². The van der Waals surface area contributed by atoms with Crippen molar-refractivity contribution in [3.8, 4) is 0 Å². The third-order valence-electron chi connectivity index (χ3n) is 4.12. The standard InChI is InChI=1S/C17H19FN2O3/c18-13-6-1-2-7-14(13)19-17(22)20-9-3-5-12(20)11-15(21)16-8-4-10-23-16/h1-2,4,6-8,10,12,15,21H,3,5,9,11H2,(H,19,22). The summed E-state index contributed by atoms with van der Waals surface area (Å²) in [6, 6.07) is 9.06. The fourth-order valence-corrected chi connectivity index (χ4v) is 2.95. The van der Waals surface area contributed by atoms with E-state index in [0.29, 0.717) is 18.7 Å². The molecule has 6 heteroatoms. The quantitative estimate of drug-likeness (QED) is 0.906. The van der Waals surface area contributed by atoms with E-state index in [1.165, 1.54) is 18.4 Å². The van der Waals surface area contributed by atoms with Crippen LogP contribution in [0.3, 0.4) is 0 Å². The smallest absolute Gasteiger partial charge is 0.322 e. The molecule has 0 radical (unpaired) electrons. The van der Waals surface area contributed by atoms with Crippen LogP contribution in [-0.2, 0) is 0 Å². The number of hydrogen-bond donors (Lipinski definition) is 2. The number of amides is 2. The Morgan fingerprint density at radius 2 is 2.22 bits per heavy atom. The van der Waals surface area contributed by atoms with E-state index in [1.807, 2.05) is 0 Å². The minimum atomic E-state index is -0.753. The molecule has 1 aliphatic heterocycles. The van der Waals surface area contributed by atoms with Gasteiger partial charge in [0.05, 0.1) is 12.0 Å². The molecule has 2 unspecified atom stereocenters. The summed E-state index contributed by atoms with van der Waals surface area (Å²) in [5.41, 5.74) is 0.162. The average Bonchev–Trinajstić information content (AvgIpc) is 3.20. The maximum Gasteiger partial charge on any atom is 0.322 e. The molecule has 0 spiro atoms. The lowest BCUT2D eigenvalue weighted by Crippen LogP contribution is -2.39. The number of nitrogens with zero attached hydrogens (tertiary/aromatic N) is 1. The first kappa shape index (κ1) is 15.6. The first-order chi connectivity index (χ1) is 11.1. The van der Waals surface area contributed by atoms with Gasteiger partial charge in [0.15, 0.2) is 0 Å². The minimum Gasteiger partial charge on any atom is -0.467 e. The molecule has 0 bridgehead atoms. The van der Waals surface area contributed by atoms with Gasteiger partial charge in [-0.3, -0.25) is 0 Å². The second-order valence-corrected chi connectivity index (χ2v) is 5.67. The van der Waals surface area contributed by atoms with E-state index < -0.39 is 11.9 Å². The van der Waals surface area contributed by atoms with Crippen LogP contribution in [0, 0.1) is 5.82 Å². The topological polar surface area (TPSA) is 65.7 Å². The van der Waals surface area contributed by atoms with Gasteiger partial charge in [0.25, 0.3) is 0 Å². The monoisotopic (exact) mass is 318 g/mol. The van der Waals surface area contributed by atoms with Gasteiger partial charge in [-0.2, -0.15) is 0 Å². The van der Waals surface area contributed by atoms with Crippen LogP contribution in [-0.4, -0.2) is 28.6 Å². The summed E-state index contributed by atoms with van der Waals surface area (Å²) in [5.74, 6) is 0.0265. The molecule has 1 aromatic carbocycles. The Bertz CT molecular complexity index is 660. The number of halogens is 1. The molecular formula is C17H19FN2O3. The highest BCUT2D eigenvalue weighted by atomic mass is 19.1.